The van der Waals surface area contributed by atoms with Gasteiger partial charge in [-0.05, 0) is 154 Å². The van der Waals surface area contributed by atoms with E-state index in [1.165, 1.54) is 39.0 Å². The monoisotopic (exact) mass is 1120 g/mol. The maximum Gasteiger partial charge on any atom is 0.210 e. The Bertz CT molecular complexity index is 4300. The predicted molar refractivity (Wildman–Crippen MR) is 362 cm³/mol. The first kappa shape index (κ1) is 57.0. The fourth-order valence-electron chi connectivity index (χ4n) is 12.8. The SMILES string of the molecule is [C-]#[N+]c1ccccc1N(C1=C2C=CC3=C4C(=CC=C(C=C1)C24)C(N(c1ccccc1C#N)c1ccc(-c2ccc(C(C)(C)C)cc2)cc1-c1ccc(C(C)(C)C)cc1)C=C3)c1ccc(-c2ccc(C(C)(C)C)cc2)cc1-c1ccc(C(C)(C)C)cc1. The highest BCUT2D eigenvalue weighted by Gasteiger charge is 2.41. The molecule has 8 aromatic rings. The van der Waals surface area contributed by atoms with Crippen LogP contribution in [0.15, 0.2) is 264 Å². The van der Waals surface area contributed by atoms with Gasteiger partial charge >= 0.3 is 0 Å². The van der Waals surface area contributed by atoms with Gasteiger partial charge in [0.2, 0.25) is 5.69 Å². The van der Waals surface area contributed by atoms with E-state index in [0.717, 1.165) is 84.1 Å². The molecule has 4 aliphatic carbocycles. The third kappa shape index (κ3) is 10.6. The van der Waals surface area contributed by atoms with Crippen LogP contribution in [-0.2, 0) is 21.7 Å². The van der Waals surface area contributed by atoms with Crippen LogP contribution in [0, 0.1) is 23.8 Å². The van der Waals surface area contributed by atoms with E-state index in [1.807, 2.05) is 24.3 Å². The highest BCUT2D eigenvalue weighted by Crippen LogP contribution is 2.54. The van der Waals surface area contributed by atoms with Crippen molar-refractivity contribution in [2.75, 3.05) is 9.80 Å². The van der Waals surface area contributed by atoms with E-state index in [2.05, 4.69) is 310 Å². The molecule has 4 nitrogen and oxygen atoms in total. The Balaban J connectivity index is 1.03. The first-order valence-corrected chi connectivity index (χ1v) is 30.3. The van der Waals surface area contributed by atoms with Crippen LogP contribution < -0.4 is 9.80 Å². The smallest absolute Gasteiger partial charge is 0.210 e. The largest absolute Gasteiger partial charge is 0.329 e. The second-order valence-corrected chi connectivity index (χ2v) is 27.6. The van der Waals surface area contributed by atoms with Crippen LogP contribution >= 0.6 is 0 Å². The number of benzene rings is 8. The van der Waals surface area contributed by atoms with E-state index < -0.39 is 0 Å². The fourth-order valence-corrected chi connectivity index (χ4v) is 12.8. The molecule has 8 aromatic carbocycles. The van der Waals surface area contributed by atoms with Crippen LogP contribution in [-0.4, -0.2) is 6.04 Å². The van der Waals surface area contributed by atoms with Crippen LogP contribution in [0.25, 0.3) is 49.4 Å². The summed E-state index contributed by atoms with van der Waals surface area (Å²) in [5.41, 5.74) is 25.8. The molecule has 4 aliphatic rings. The second-order valence-electron chi connectivity index (χ2n) is 27.6. The number of hydrogen-bond acceptors (Lipinski definition) is 3. The summed E-state index contributed by atoms with van der Waals surface area (Å²) in [7, 11) is 0. The number of anilines is 4. The van der Waals surface area contributed by atoms with E-state index in [9.17, 15) is 5.26 Å². The van der Waals surface area contributed by atoms with Gasteiger partial charge in [0, 0.05) is 28.4 Å². The lowest BCUT2D eigenvalue weighted by atomic mass is 9.67. The molecule has 0 heterocycles. The molecule has 4 heteroatoms. The Hall–Kier alpha value is -9.48. The van der Waals surface area contributed by atoms with Crippen molar-refractivity contribution < 1.29 is 0 Å². The van der Waals surface area contributed by atoms with Gasteiger partial charge < -0.3 is 9.80 Å². The second kappa shape index (κ2) is 21.9. The lowest BCUT2D eigenvalue weighted by Gasteiger charge is -2.44. The topological polar surface area (TPSA) is 34.6 Å². The number of nitriles is 1. The molecule has 0 saturated heterocycles. The van der Waals surface area contributed by atoms with Gasteiger partial charge in [-0.1, -0.05) is 265 Å². The maximum atomic E-state index is 11.0. The molecule has 0 fully saturated rings. The van der Waals surface area contributed by atoms with Crippen LogP contribution in [0.3, 0.4) is 0 Å². The molecule has 0 spiro atoms. The van der Waals surface area contributed by atoms with Crippen molar-refractivity contribution in [2.24, 2.45) is 5.92 Å². The Morgan fingerprint density at radius 3 is 1.42 bits per heavy atom. The molecule has 0 aromatic heterocycles. The summed E-state index contributed by atoms with van der Waals surface area (Å²) in [6.45, 7) is 35.8. The Morgan fingerprint density at radius 2 is 0.907 bits per heavy atom. The molecule has 0 amide bonds. The Morgan fingerprint density at radius 1 is 0.442 bits per heavy atom. The van der Waals surface area contributed by atoms with E-state index in [-0.39, 0.29) is 33.6 Å². The molecule has 86 heavy (non-hydrogen) atoms. The van der Waals surface area contributed by atoms with Crippen molar-refractivity contribution >= 4 is 28.4 Å². The number of nitrogens with zero attached hydrogens (tertiary/aromatic N) is 4. The average Bonchev–Trinajstić information content (AvgIpc) is 0.860. The van der Waals surface area contributed by atoms with Crippen LogP contribution in [0.5, 0.6) is 0 Å². The number of rotatable bonds is 10. The molecule has 12 rings (SSSR count). The zero-order chi connectivity index (χ0) is 60.5. The zero-order valence-corrected chi connectivity index (χ0v) is 51.9. The lowest BCUT2D eigenvalue weighted by molar-refractivity contribution is 0.590. The third-order valence-electron chi connectivity index (χ3n) is 17.8. The van der Waals surface area contributed by atoms with Gasteiger partial charge in [-0.3, -0.25) is 0 Å². The van der Waals surface area contributed by atoms with Crippen LogP contribution in [0.4, 0.5) is 28.4 Å². The Labute approximate surface area is 511 Å². The maximum absolute atomic E-state index is 11.0. The van der Waals surface area contributed by atoms with Gasteiger partial charge in [0.15, 0.2) is 0 Å². The molecule has 0 N–H and O–H groups in total. The van der Waals surface area contributed by atoms with Gasteiger partial charge in [-0.25, -0.2) is 4.85 Å². The number of allylic oxidation sites excluding steroid dienone is 10. The quantitative estimate of drug-likeness (QED) is 0.128. The molecule has 424 valence electrons. The van der Waals surface area contributed by atoms with Crippen molar-refractivity contribution in [1.29, 1.82) is 5.26 Å². The van der Waals surface area contributed by atoms with E-state index in [4.69, 9.17) is 6.57 Å². The Kier molecular flexibility index (Phi) is 14.5. The minimum Gasteiger partial charge on any atom is -0.329 e. The predicted octanol–water partition coefficient (Wildman–Crippen LogP) is 22.1. The van der Waals surface area contributed by atoms with Gasteiger partial charge in [0.1, 0.15) is 6.07 Å². The van der Waals surface area contributed by atoms with Crippen molar-refractivity contribution in [1.82, 2.24) is 0 Å². The lowest BCUT2D eigenvalue weighted by Crippen LogP contribution is -2.38. The van der Waals surface area contributed by atoms with Crippen molar-refractivity contribution in [3.8, 4) is 50.6 Å². The van der Waals surface area contributed by atoms with Crippen LogP contribution in [0.2, 0.25) is 0 Å². The minimum absolute atomic E-state index is 0.0219. The van der Waals surface area contributed by atoms with Gasteiger partial charge in [-0.2, -0.15) is 5.26 Å². The number of hydrogen-bond donors (Lipinski definition) is 0. The zero-order valence-electron chi connectivity index (χ0n) is 51.9. The average molecular weight is 1120 g/mol. The summed E-state index contributed by atoms with van der Waals surface area (Å²) in [5.74, 6) is -0.129. The van der Waals surface area contributed by atoms with Gasteiger partial charge in [-0.15, -0.1) is 0 Å². The van der Waals surface area contributed by atoms with E-state index in [0.29, 0.717) is 11.3 Å². The molecule has 0 saturated carbocycles. The first-order chi connectivity index (χ1) is 41.1. The van der Waals surface area contributed by atoms with E-state index >= 15 is 0 Å². The molecule has 0 aliphatic heterocycles. The fraction of sp³-hybridized carbons (Fsp3) is 0.220. The molecular formula is C82H76N4. The third-order valence-corrected chi connectivity index (χ3v) is 17.8. The van der Waals surface area contributed by atoms with E-state index in [1.54, 1.807) is 0 Å². The van der Waals surface area contributed by atoms with Gasteiger partial charge in [0.25, 0.3) is 0 Å². The van der Waals surface area contributed by atoms with Crippen molar-refractivity contribution in [3.05, 3.63) is 303 Å². The molecule has 0 bridgehead atoms. The first-order valence-electron chi connectivity index (χ1n) is 30.3. The molecular weight excluding hydrogens is 1040 g/mol. The number of para-hydroxylation sites is 3. The molecule has 2 unspecified atom stereocenters. The normalized spacial score (nSPS) is 16.3. The summed E-state index contributed by atoms with van der Waals surface area (Å²) in [6, 6.07) is 68.3. The van der Waals surface area contributed by atoms with Crippen molar-refractivity contribution in [2.45, 2.75) is 111 Å². The highest BCUT2D eigenvalue weighted by molar-refractivity contribution is 5.94. The standard InChI is InChI=1S/C82H76N4/c1-79(2,3)62-36-22-53(23-37-62)59-34-48-74(68(50-59)55-26-40-64(41-27-55)81(7,8)9)85(71-20-16-14-18-61(71)52-83)72-46-32-57-31-45-67-73(47-33-58-30-44-66(72)77(57)78(58)67)86(76-21-17-15-19-70(76)84-13)75-49-35-60(54-24-38-63(39-25-54)80(4,5)6)51-69(75)56-28-42-65(43-29-56)82(10,11)12/h14-51,72,78H,1-12H3. The molecule has 2 atom stereocenters. The van der Waals surface area contributed by atoms with Gasteiger partial charge in [0.05, 0.1) is 35.2 Å². The summed E-state index contributed by atoms with van der Waals surface area (Å²) in [4.78, 5) is 8.98. The van der Waals surface area contributed by atoms with Crippen molar-refractivity contribution in [3.63, 3.8) is 0 Å². The molecule has 0 radical (unpaired) electrons. The summed E-state index contributed by atoms with van der Waals surface area (Å²) in [5, 5.41) is 11.0. The summed E-state index contributed by atoms with van der Waals surface area (Å²) in [6.07, 6.45) is 18.4. The highest BCUT2D eigenvalue weighted by atomic mass is 15.2. The summed E-state index contributed by atoms with van der Waals surface area (Å²) < 4.78 is 0. The summed E-state index contributed by atoms with van der Waals surface area (Å²) >= 11 is 0. The minimum atomic E-state index is -0.306. The van der Waals surface area contributed by atoms with Crippen LogP contribution in [0.1, 0.15) is 111 Å².